The van der Waals surface area contributed by atoms with Crippen molar-refractivity contribution in [3.8, 4) is 0 Å². The van der Waals surface area contributed by atoms with E-state index in [0.717, 1.165) is 16.5 Å². The Kier molecular flexibility index (Phi) is 5.03. The Morgan fingerprint density at radius 1 is 1.00 bits per heavy atom. The lowest BCUT2D eigenvalue weighted by Gasteiger charge is -2.20. The summed E-state index contributed by atoms with van der Waals surface area (Å²) in [5.41, 5.74) is 10.4. The molecule has 0 bridgehead atoms. The van der Waals surface area contributed by atoms with E-state index >= 15 is 0 Å². The Hall–Kier alpha value is -2.09. The van der Waals surface area contributed by atoms with Crippen LogP contribution in [0.5, 0.6) is 0 Å². The number of nitrogens with two attached hydrogens (primary N) is 1. The first-order valence-electron chi connectivity index (χ1n) is 7.28. The second-order valence-corrected chi connectivity index (χ2v) is 8.03. The van der Waals surface area contributed by atoms with Crippen LogP contribution >= 0.6 is 32.9 Å². The largest absolute Gasteiger partial charge is 0.369 e. The Morgan fingerprint density at radius 2 is 1.58 bits per heavy atom. The van der Waals surface area contributed by atoms with E-state index in [9.17, 15) is 0 Å². The third kappa shape index (κ3) is 3.87. The lowest BCUT2D eigenvalue weighted by atomic mass is 10.2. The highest BCUT2D eigenvalue weighted by Gasteiger charge is 2.17. The molecule has 122 valence electrons. The summed E-state index contributed by atoms with van der Waals surface area (Å²) in [6.45, 7) is 4.09. The molecule has 0 aliphatic rings. The van der Waals surface area contributed by atoms with Crippen LogP contribution in [0.25, 0.3) is 0 Å². The zero-order valence-corrected chi connectivity index (χ0v) is 15.7. The average Bonchev–Trinajstić information content (AvgIpc) is 2.98. The van der Waals surface area contributed by atoms with Gasteiger partial charge in [-0.25, -0.2) is 4.99 Å². The van der Waals surface area contributed by atoms with Crippen molar-refractivity contribution in [2.24, 2.45) is 10.7 Å². The van der Waals surface area contributed by atoms with Crippen LogP contribution < -0.4 is 10.6 Å². The monoisotopic (exact) mass is 372 g/mol. The van der Waals surface area contributed by atoms with Crippen LogP contribution in [-0.2, 0) is 0 Å². The Labute approximate surface area is 153 Å². The molecule has 0 atom stereocenters. The van der Waals surface area contributed by atoms with E-state index < -0.39 is 0 Å². The van der Waals surface area contributed by atoms with Crippen molar-refractivity contribution >= 4 is 55.4 Å². The van der Waals surface area contributed by atoms with Crippen molar-refractivity contribution in [1.29, 1.82) is 0 Å². The minimum atomic E-state index is 0.360. The normalized spacial score (nSPS) is 11.5. The van der Waals surface area contributed by atoms with E-state index in [2.05, 4.69) is 9.98 Å². The lowest BCUT2D eigenvalue weighted by molar-refractivity contribution is 1.23. The smallest absolute Gasteiger partial charge is 0.209 e. The van der Waals surface area contributed by atoms with E-state index in [1.807, 2.05) is 67.3 Å². The van der Waals surface area contributed by atoms with Crippen molar-refractivity contribution in [3.63, 3.8) is 0 Å². The van der Waals surface area contributed by atoms with E-state index in [-0.39, 0.29) is 0 Å². The third-order valence-electron chi connectivity index (χ3n) is 3.36. The quantitative estimate of drug-likeness (QED) is 0.292. The first kappa shape index (κ1) is 16.8. The van der Waals surface area contributed by atoms with E-state index in [0.29, 0.717) is 9.91 Å². The second-order valence-electron chi connectivity index (χ2n) is 5.30. The maximum atomic E-state index is 6.31. The number of nitrogens with zero attached hydrogens (tertiary/aromatic N) is 3. The Balaban J connectivity index is 2.05. The van der Waals surface area contributed by atoms with Crippen LogP contribution in [0.1, 0.15) is 11.1 Å². The molecule has 0 fully saturated rings. The third-order valence-corrected chi connectivity index (χ3v) is 5.93. The second kappa shape index (κ2) is 7.21. The van der Waals surface area contributed by atoms with Crippen molar-refractivity contribution in [2.75, 3.05) is 4.90 Å². The molecule has 0 aliphatic heterocycles. The molecule has 3 aromatic rings. The molecular formula is C17H16N4S3. The van der Waals surface area contributed by atoms with Crippen molar-refractivity contribution in [2.45, 2.75) is 13.8 Å². The van der Waals surface area contributed by atoms with Gasteiger partial charge in [0, 0.05) is 0 Å². The molecule has 3 rings (SSSR count). The van der Waals surface area contributed by atoms with E-state index in [4.69, 9.17) is 18.0 Å². The molecule has 4 nitrogen and oxygen atoms in total. The summed E-state index contributed by atoms with van der Waals surface area (Å²) in [5.74, 6) is 0.360. The number of guanidine groups is 1. The summed E-state index contributed by atoms with van der Waals surface area (Å²) in [5, 5.41) is 0.724. The Bertz CT molecular complexity index is 908. The molecule has 0 spiro atoms. The molecule has 0 aliphatic carbocycles. The molecule has 0 saturated carbocycles. The average molecular weight is 373 g/mol. The van der Waals surface area contributed by atoms with E-state index in [1.165, 1.54) is 31.8 Å². The molecule has 2 N–H and O–H groups in total. The van der Waals surface area contributed by atoms with Crippen molar-refractivity contribution < 1.29 is 0 Å². The molecular weight excluding hydrogens is 356 g/mol. The van der Waals surface area contributed by atoms with Gasteiger partial charge in [0.1, 0.15) is 0 Å². The van der Waals surface area contributed by atoms with Crippen LogP contribution in [0, 0.1) is 17.8 Å². The van der Waals surface area contributed by atoms with Crippen molar-refractivity contribution in [3.05, 3.63) is 63.6 Å². The summed E-state index contributed by atoms with van der Waals surface area (Å²) in [6, 6.07) is 16.0. The van der Waals surface area contributed by atoms with Gasteiger partial charge in [-0.3, -0.25) is 4.90 Å². The minimum Gasteiger partial charge on any atom is -0.369 e. The molecule has 0 amide bonds. The van der Waals surface area contributed by atoms with Crippen molar-refractivity contribution in [1.82, 2.24) is 4.98 Å². The van der Waals surface area contributed by atoms with E-state index in [1.54, 1.807) is 0 Å². The molecule has 7 heteroatoms. The number of rotatable bonds is 3. The first-order valence-corrected chi connectivity index (χ1v) is 9.83. The Morgan fingerprint density at radius 3 is 2.12 bits per heavy atom. The number of anilines is 2. The highest BCUT2D eigenvalue weighted by molar-refractivity contribution is 7.80. The molecule has 0 radical (unpaired) electrons. The molecule has 24 heavy (non-hydrogen) atoms. The van der Waals surface area contributed by atoms with Crippen LogP contribution in [0.15, 0.2) is 53.5 Å². The fraction of sp³-hybridized carbons (Fsp3) is 0.118. The van der Waals surface area contributed by atoms with Crippen LogP contribution in [-0.4, -0.2) is 10.9 Å². The predicted molar refractivity (Wildman–Crippen MR) is 107 cm³/mol. The minimum absolute atomic E-state index is 0.360. The summed E-state index contributed by atoms with van der Waals surface area (Å²) in [7, 11) is 2.94. The first-order chi connectivity index (χ1) is 11.5. The number of benzene rings is 2. The fourth-order valence-electron chi connectivity index (χ4n) is 2.11. The fourth-order valence-corrected chi connectivity index (χ4v) is 4.18. The zero-order chi connectivity index (χ0) is 17.1. The predicted octanol–water partition coefficient (Wildman–Crippen LogP) is 5.34. The van der Waals surface area contributed by atoms with Gasteiger partial charge in [-0.15, -0.1) is 0 Å². The summed E-state index contributed by atoms with van der Waals surface area (Å²) >= 11 is 5.16. The number of aliphatic imine (C=N–C) groups is 1. The summed E-state index contributed by atoms with van der Waals surface area (Å²) in [4.78, 5) is 10.8. The van der Waals surface area contributed by atoms with Gasteiger partial charge in [0.2, 0.25) is 11.1 Å². The molecule has 1 aromatic heterocycles. The maximum absolute atomic E-state index is 6.31. The number of aromatic nitrogens is 1. The van der Waals surface area contributed by atoms with Gasteiger partial charge in [0.05, 0.1) is 11.4 Å². The lowest BCUT2D eigenvalue weighted by Crippen LogP contribution is -2.33. The summed E-state index contributed by atoms with van der Waals surface area (Å²) in [6.07, 6.45) is 0. The molecule has 1 heterocycles. The van der Waals surface area contributed by atoms with Gasteiger partial charge in [-0.1, -0.05) is 35.4 Å². The highest BCUT2D eigenvalue weighted by atomic mass is 32.9. The van der Waals surface area contributed by atoms with Gasteiger partial charge >= 0.3 is 0 Å². The van der Waals surface area contributed by atoms with Gasteiger partial charge in [-0.2, -0.15) is 4.98 Å². The summed E-state index contributed by atoms with van der Waals surface area (Å²) < 4.78 is 0.593. The number of hydrogen-bond acceptors (Lipinski definition) is 5. The number of aryl methyl sites for hydroxylation is 2. The van der Waals surface area contributed by atoms with Crippen LogP contribution in [0.2, 0.25) is 0 Å². The van der Waals surface area contributed by atoms with Gasteiger partial charge in [0.25, 0.3) is 0 Å². The van der Waals surface area contributed by atoms with Gasteiger partial charge < -0.3 is 5.73 Å². The zero-order valence-electron chi connectivity index (χ0n) is 13.3. The standard InChI is InChI=1S/C17H16N4S3/c1-11-3-7-13(8-4-11)19-15(18)21(16-20-17(22)24-23-16)14-9-5-12(2)6-10-14/h3-10H,1-2H3,(H2,18,19). The van der Waals surface area contributed by atoms with Gasteiger partial charge in [-0.05, 0) is 71.0 Å². The topological polar surface area (TPSA) is 54.5 Å². The van der Waals surface area contributed by atoms with Gasteiger partial charge in [0.15, 0.2) is 3.95 Å². The molecule has 0 saturated heterocycles. The number of hydrogen-bond donors (Lipinski definition) is 1. The highest BCUT2D eigenvalue weighted by Crippen LogP contribution is 2.31. The SMILES string of the molecule is Cc1ccc(N=C(N)N(c2ccc(C)cc2)c2nc(=S)ss2)cc1. The molecule has 0 unspecified atom stereocenters. The maximum Gasteiger partial charge on any atom is 0.209 e. The molecule has 2 aromatic carbocycles. The van der Waals surface area contributed by atoms with Crippen LogP contribution in [0.3, 0.4) is 0 Å². The van der Waals surface area contributed by atoms with Crippen LogP contribution in [0.4, 0.5) is 16.5 Å².